The molecule has 0 bridgehead atoms. The molecule has 18 heavy (non-hydrogen) atoms. The van der Waals surface area contributed by atoms with Crippen LogP contribution >= 0.6 is 0 Å². The molecule has 1 aromatic rings. The molecule has 1 fully saturated rings. The fraction of sp³-hybridized carbons (Fsp3) is 0.700. The van der Waals surface area contributed by atoms with E-state index in [0.717, 1.165) is 0 Å². The number of sulfone groups is 1. The molecule has 7 nitrogen and oxygen atoms in total. The molecule has 1 amide bonds. The Morgan fingerprint density at radius 2 is 2.33 bits per heavy atom. The van der Waals surface area contributed by atoms with E-state index in [9.17, 15) is 13.2 Å². The first-order valence-corrected chi connectivity index (χ1v) is 7.63. The van der Waals surface area contributed by atoms with Crippen LogP contribution in [0.1, 0.15) is 23.8 Å². The van der Waals surface area contributed by atoms with Crippen molar-refractivity contribution in [2.75, 3.05) is 18.1 Å². The topological polar surface area (TPSA) is 85.2 Å². The molecule has 1 saturated heterocycles. The van der Waals surface area contributed by atoms with Crippen molar-refractivity contribution in [2.45, 2.75) is 19.4 Å². The third-order valence-electron chi connectivity index (χ3n) is 3.07. The number of aromatic nitrogens is 3. The lowest BCUT2D eigenvalue weighted by atomic mass is 10.2. The summed E-state index contributed by atoms with van der Waals surface area (Å²) in [5.74, 6) is -0.0536. The van der Waals surface area contributed by atoms with Gasteiger partial charge < -0.3 is 4.90 Å². The summed E-state index contributed by atoms with van der Waals surface area (Å²) in [6, 6.07) is -0.241. The van der Waals surface area contributed by atoms with Crippen molar-refractivity contribution in [2.24, 2.45) is 7.05 Å². The van der Waals surface area contributed by atoms with Crippen LogP contribution in [0.4, 0.5) is 0 Å². The monoisotopic (exact) mass is 272 g/mol. The highest BCUT2D eigenvalue weighted by Crippen LogP contribution is 2.19. The van der Waals surface area contributed by atoms with Gasteiger partial charge in [0.1, 0.15) is 0 Å². The van der Waals surface area contributed by atoms with Crippen molar-refractivity contribution in [3.63, 3.8) is 0 Å². The first-order chi connectivity index (χ1) is 8.43. The lowest BCUT2D eigenvalue weighted by Crippen LogP contribution is -2.41. The van der Waals surface area contributed by atoms with E-state index in [1.807, 2.05) is 6.92 Å². The molecule has 8 heteroatoms. The van der Waals surface area contributed by atoms with E-state index in [1.165, 1.54) is 10.9 Å². The highest BCUT2D eigenvalue weighted by Gasteiger charge is 2.34. The number of amides is 1. The number of carbonyl (C=O) groups excluding carboxylic acids is 1. The van der Waals surface area contributed by atoms with Gasteiger partial charge in [-0.1, -0.05) is 5.21 Å². The minimum Gasteiger partial charge on any atom is -0.333 e. The SMILES string of the molecule is CCN(C(=O)c1cn(C)nn1)C1CCS(=O)(=O)C1. The largest absolute Gasteiger partial charge is 0.333 e. The van der Waals surface area contributed by atoms with Crippen molar-refractivity contribution < 1.29 is 13.2 Å². The predicted octanol–water partition coefficient (Wildman–Crippen LogP) is -0.536. The molecule has 100 valence electrons. The number of hydrogen-bond donors (Lipinski definition) is 0. The van der Waals surface area contributed by atoms with Crippen LogP contribution in [0.25, 0.3) is 0 Å². The lowest BCUT2D eigenvalue weighted by Gasteiger charge is -2.25. The molecule has 0 aliphatic carbocycles. The average molecular weight is 272 g/mol. The Morgan fingerprint density at radius 1 is 1.61 bits per heavy atom. The van der Waals surface area contributed by atoms with E-state index in [4.69, 9.17) is 0 Å². The maximum Gasteiger partial charge on any atom is 0.276 e. The van der Waals surface area contributed by atoms with Crippen LogP contribution in [0.15, 0.2) is 6.20 Å². The number of rotatable bonds is 3. The molecule has 1 atom stereocenters. The molecule has 1 aliphatic rings. The molecule has 2 rings (SSSR count). The Balaban J connectivity index is 2.17. The number of carbonyl (C=O) groups is 1. The number of nitrogens with zero attached hydrogens (tertiary/aromatic N) is 4. The average Bonchev–Trinajstić information content (AvgIpc) is 2.86. The molecule has 1 aliphatic heterocycles. The van der Waals surface area contributed by atoms with Crippen LogP contribution < -0.4 is 0 Å². The second kappa shape index (κ2) is 4.68. The summed E-state index contributed by atoms with van der Waals surface area (Å²) >= 11 is 0. The van der Waals surface area contributed by atoms with Crippen LogP contribution in [0.5, 0.6) is 0 Å². The highest BCUT2D eigenvalue weighted by molar-refractivity contribution is 7.91. The smallest absolute Gasteiger partial charge is 0.276 e. The number of hydrogen-bond acceptors (Lipinski definition) is 5. The summed E-state index contributed by atoms with van der Waals surface area (Å²) in [6.45, 7) is 2.30. The van der Waals surface area contributed by atoms with E-state index in [2.05, 4.69) is 10.3 Å². The summed E-state index contributed by atoms with van der Waals surface area (Å²) in [4.78, 5) is 13.8. The van der Waals surface area contributed by atoms with Crippen LogP contribution in [-0.2, 0) is 16.9 Å². The fourth-order valence-corrected chi connectivity index (χ4v) is 3.91. The predicted molar refractivity (Wildman–Crippen MR) is 64.8 cm³/mol. The standard InChI is InChI=1S/C10H16N4O3S/c1-3-14(8-4-5-18(16,17)7-8)10(15)9-6-13(2)12-11-9/h6,8H,3-5,7H2,1-2H3. The van der Waals surface area contributed by atoms with Gasteiger partial charge in [0, 0.05) is 19.6 Å². The third kappa shape index (κ3) is 2.53. The van der Waals surface area contributed by atoms with Gasteiger partial charge in [-0.15, -0.1) is 5.10 Å². The molecule has 0 radical (unpaired) electrons. The van der Waals surface area contributed by atoms with E-state index >= 15 is 0 Å². The van der Waals surface area contributed by atoms with Gasteiger partial charge in [0.2, 0.25) is 0 Å². The molecule has 0 spiro atoms. The second-order valence-corrected chi connectivity index (χ2v) is 6.65. The first-order valence-electron chi connectivity index (χ1n) is 5.80. The molecule has 1 aromatic heterocycles. The Bertz CT molecular complexity index is 551. The summed E-state index contributed by atoms with van der Waals surface area (Å²) in [5.41, 5.74) is 0.253. The van der Waals surface area contributed by atoms with Crippen LogP contribution in [-0.4, -0.2) is 58.3 Å². The van der Waals surface area contributed by atoms with Gasteiger partial charge in [0.25, 0.3) is 5.91 Å². The van der Waals surface area contributed by atoms with Gasteiger partial charge in [0.05, 0.1) is 17.7 Å². The molecule has 0 N–H and O–H groups in total. The maximum atomic E-state index is 12.2. The lowest BCUT2D eigenvalue weighted by molar-refractivity contribution is 0.0702. The fourth-order valence-electron chi connectivity index (χ4n) is 2.18. The zero-order valence-electron chi connectivity index (χ0n) is 10.4. The van der Waals surface area contributed by atoms with Crippen molar-refractivity contribution in [1.82, 2.24) is 19.9 Å². The molecule has 2 heterocycles. The van der Waals surface area contributed by atoms with Gasteiger partial charge in [-0.2, -0.15) is 0 Å². The Hall–Kier alpha value is -1.44. The zero-order chi connectivity index (χ0) is 13.3. The summed E-state index contributed by atoms with van der Waals surface area (Å²) in [5, 5.41) is 7.48. The Morgan fingerprint density at radius 3 is 2.78 bits per heavy atom. The summed E-state index contributed by atoms with van der Waals surface area (Å²) in [7, 11) is -1.32. The maximum absolute atomic E-state index is 12.2. The van der Waals surface area contributed by atoms with Crippen LogP contribution in [0.2, 0.25) is 0 Å². The molecule has 0 saturated carbocycles. The van der Waals surface area contributed by atoms with Crippen molar-refractivity contribution in [1.29, 1.82) is 0 Å². The Labute approximate surface area is 106 Å². The van der Waals surface area contributed by atoms with Crippen LogP contribution in [0.3, 0.4) is 0 Å². The van der Waals surface area contributed by atoms with Gasteiger partial charge in [-0.3, -0.25) is 9.48 Å². The molecular formula is C10H16N4O3S. The minimum atomic E-state index is -3.00. The second-order valence-electron chi connectivity index (χ2n) is 4.43. The zero-order valence-corrected chi connectivity index (χ0v) is 11.2. The quantitative estimate of drug-likeness (QED) is 0.738. The van der Waals surface area contributed by atoms with E-state index in [1.54, 1.807) is 11.9 Å². The van der Waals surface area contributed by atoms with Gasteiger partial charge in [-0.25, -0.2) is 8.42 Å². The molecule has 0 aromatic carbocycles. The van der Waals surface area contributed by atoms with E-state index in [-0.39, 0.29) is 29.1 Å². The van der Waals surface area contributed by atoms with Crippen molar-refractivity contribution in [3.05, 3.63) is 11.9 Å². The van der Waals surface area contributed by atoms with E-state index < -0.39 is 9.84 Å². The Kier molecular flexibility index (Phi) is 3.38. The number of aryl methyl sites for hydroxylation is 1. The third-order valence-corrected chi connectivity index (χ3v) is 4.82. The summed E-state index contributed by atoms with van der Waals surface area (Å²) in [6.07, 6.45) is 2.04. The van der Waals surface area contributed by atoms with Crippen LogP contribution in [0, 0.1) is 0 Å². The van der Waals surface area contributed by atoms with Crippen molar-refractivity contribution >= 4 is 15.7 Å². The highest BCUT2D eigenvalue weighted by atomic mass is 32.2. The normalized spacial score (nSPS) is 22.0. The summed E-state index contributed by atoms with van der Waals surface area (Å²) < 4.78 is 24.4. The first kappa shape index (κ1) is 13.0. The van der Waals surface area contributed by atoms with Crippen molar-refractivity contribution in [3.8, 4) is 0 Å². The minimum absolute atomic E-state index is 0.0485. The molecular weight excluding hydrogens is 256 g/mol. The van der Waals surface area contributed by atoms with Gasteiger partial charge >= 0.3 is 0 Å². The van der Waals surface area contributed by atoms with Gasteiger partial charge in [0.15, 0.2) is 15.5 Å². The van der Waals surface area contributed by atoms with Gasteiger partial charge in [-0.05, 0) is 13.3 Å². The van der Waals surface area contributed by atoms with E-state index in [0.29, 0.717) is 13.0 Å². The molecule has 1 unspecified atom stereocenters.